The number of anilines is 3. The van der Waals surface area contributed by atoms with E-state index in [1.54, 1.807) is 0 Å². The molecule has 0 radical (unpaired) electrons. The molecule has 0 unspecified atom stereocenters. The van der Waals surface area contributed by atoms with E-state index in [1.165, 1.54) is 38.1 Å². The second-order valence-corrected chi connectivity index (χ2v) is 12.6. The summed E-state index contributed by atoms with van der Waals surface area (Å²) in [6.45, 7) is 0. The van der Waals surface area contributed by atoms with Gasteiger partial charge < -0.3 is 13.9 Å². The van der Waals surface area contributed by atoms with Crippen molar-refractivity contribution in [1.29, 1.82) is 0 Å². The van der Waals surface area contributed by atoms with Gasteiger partial charge >= 0.3 is 0 Å². The van der Waals surface area contributed by atoms with Crippen molar-refractivity contribution in [3.63, 3.8) is 0 Å². The summed E-state index contributed by atoms with van der Waals surface area (Å²) in [5.74, 6) is 0. The maximum atomic E-state index is 6.22. The predicted octanol–water partition coefficient (Wildman–Crippen LogP) is 13.0. The van der Waals surface area contributed by atoms with Crippen LogP contribution in [0.25, 0.3) is 71.3 Å². The van der Waals surface area contributed by atoms with Crippen molar-refractivity contribution < 1.29 is 4.42 Å². The van der Waals surface area contributed by atoms with Crippen molar-refractivity contribution in [2.75, 3.05) is 4.90 Å². The summed E-state index contributed by atoms with van der Waals surface area (Å²) in [5, 5.41) is 7.13. The second kappa shape index (κ2) is 11.0. The lowest BCUT2D eigenvalue weighted by molar-refractivity contribution is 0.669. The molecule has 0 fully saturated rings. The van der Waals surface area contributed by atoms with E-state index < -0.39 is 0 Å². The van der Waals surface area contributed by atoms with Crippen molar-refractivity contribution in [2.45, 2.75) is 0 Å². The summed E-state index contributed by atoms with van der Waals surface area (Å²) in [4.78, 5) is 2.38. The molecule has 10 rings (SSSR count). The Morgan fingerprint density at radius 1 is 0.388 bits per heavy atom. The molecular formula is C46H30N2O. The normalized spacial score (nSPS) is 11.7. The first-order chi connectivity index (χ1) is 24.3. The molecule has 0 aliphatic carbocycles. The molecule has 10 aromatic rings. The predicted molar refractivity (Wildman–Crippen MR) is 206 cm³/mol. The minimum absolute atomic E-state index is 0.888. The van der Waals surface area contributed by atoms with E-state index in [0.29, 0.717) is 0 Å². The third kappa shape index (κ3) is 4.44. The number of para-hydroxylation sites is 3. The average Bonchev–Trinajstić information content (AvgIpc) is 3.71. The topological polar surface area (TPSA) is 21.3 Å². The van der Waals surface area contributed by atoms with Crippen molar-refractivity contribution in [3.05, 3.63) is 182 Å². The molecule has 0 spiro atoms. The van der Waals surface area contributed by atoms with Crippen LogP contribution in [0.2, 0.25) is 0 Å². The lowest BCUT2D eigenvalue weighted by atomic mass is 10.0. The molecule has 0 aliphatic heterocycles. The Balaban J connectivity index is 1.18. The van der Waals surface area contributed by atoms with Crippen LogP contribution in [0.5, 0.6) is 0 Å². The molecule has 0 saturated heterocycles. The highest BCUT2D eigenvalue weighted by Gasteiger charge is 2.19. The zero-order valence-electron chi connectivity index (χ0n) is 26.6. The number of nitrogens with zero attached hydrogens (tertiary/aromatic N) is 2. The van der Waals surface area contributed by atoms with Crippen molar-refractivity contribution in [2.24, 2.45) is 0 Å². The second-order valence-electron chi connectivity index (χ2n) is 12.6. The average molecular weight is 627 g/mol. The van der Waals surface area contributed by atoms with Gasteiger partial charge in [-0.25, -0.2) is 0 Å². The largest absolute Gasteiger partial charge is 0.456 e. The van der Waals surface area contributed by atoms with Crippen LogP contribution in [0.4, 0.5) is 17.1 Å². The fraction of sp³-hybridized carbons (Fsp3) is 0. The van der Waals surface area contributed by atoms with E-state index in [1.807, 2.05) is 12.1 Å². The Morgan fingerprint density at radius 3 is 1.98 bits per heavy atom. The molecule has 0 bridgehead atoms. The summed E-state index contributed by atoms with van der Waals surface area (Å²) in [6.07, 6.45) is 0. The number of hydrogen-bond donors (Lipinski definition) is 0. The van der Waals surface area contributed by atoms with Gasteiger partial charge in [0.1, 0.15) is 11.2 Å². The summed E-state index contributed by atoms with van der Waals surface area (Å²) in [6, 6.07) is 65.1. The highest BCUT2D eigenvalue weighted by Crippen LogP contribution is 2.43. The van der Waals surface area contributed by atoms with Crippen LogP contribution >= 0.6 is 0 Å². The van der Waals surface area contributed by atoms with E-state index in [4.69, 9.17) is 4.42 Å². The van der Waals surface area contributed by atoms with Crippen LogP contribution in [-0.2, 0) is 0 Å². The molecule has 230 valence electrons. The van der Waals surface area contributed by atoms with Crippen LogP contribution in [0.15, 0.2) is 186 Å². The minimum atomic E-state index is 0.888. The molecule has 49 heavy (non-hydrogen) atoms. The van der Waals surface area contributed by atoms with Gasteiger partial charge in [-0.1, -0.05) is 115 Å². The lowest BCUT2D eigenvalue weighted by Crippen LogP contribution is -2.10. The maximum Gasteiger partial charge on any atom is 0.135 e. The minimum Gasteiger partial charge on any atom is -0.456 e. The number of aromatic nitrogens is 1. The van der Waals surface area contributed by atoms with Crippen LogP contribution < -0.4 is 4.90 Å². The van der Waals surface area contributed by atoms with Gasteiger partial charge in [-0.15, -0.1) is 0 Å². The Hall–Kier alpha value is -6.58. The molecule has 3 nitrogen and oxygen atoms in total. The summed E-state index contributed by atoms with van der Waals surface area (Å²) in [5.41, 5.74) is 11.0. The van der Waals surface area contributed by atoms with Crippen LogP contribution in [0.1, 0.15) is 0 Å². The smallest absolute Gasteiger partial charge is 0.135 e. The first-order valence-electron chi connectivity index (χ1n) is 16.7. The summed E-state index contributed by atoms with van der Waals surface area (Å²) in [7, 11) is 0. The van der Waals surface area contributed by atoms with Crippen LogP contribution in [0, 0.1) is 0 Å². The molecular weight excluding hydrogens is 597 g/mol. The zero-order valence-corrected chi connectivity index (χ0v) is 26.6. The molecule has 0 aliphatic rings. The van der Waals surface area contributed by atoms with E-state index in [-0.39, 0.29) is 0 Å². The number of furan rings is 1. The van der Waals surface area contributed by atoms with E-state index in [9.17, 15) is 0 Å². The molecule has 0 saturated carbocycles. The number of hydrogen-bond acceptors (Lipinski definition) is 2. The molecule has 0 N–H and O–H groups in total. The molecule has 0 amide bonds. The Bertz CT molecular complexity index is 2840. The van der Waals surface area contributed by atoms with E-state index >= 15 is 0 Å². The third-order valence-electron chi connectivity index (χ3n) is 9.75. The van der Waals surface area contributed by atoms with Gasteiger partial charge in [-0.2, -0.15) is 0 Å². The fourth-order valence-electron chi connectivity index (χ4n) is 7.51. The summed E-state index contributed by atoms with van der Waals surface area (Å²) >= 11 is 0. The Labute approximate surface area is 283 Å². The lowest BCUT2D eigenvalue weighted by Gasteiger charge is -2.27. The first kappa shape index (κ1) is 27.5. The Kier molecular flexibility index (Phi) is 6.18. The van der Waals surface area contributed by atoms with Crippen molar-refractivity contribution in [3.8, 4) is 16.8 Å². The molecule has 2 aromatic heterocycles. The number of rotatable bonds is 5. The highest BCUT2D eigenvalue weighted by atomic mass is 16.3. The zero-order chi connectivity index (χ0) is 32.3. The van der Waals surface area contributed by atoms with E-state index in [0.717, 1.165) is 50.3 Å². The first-order valence-corrected chi connectivity index (χ1v) is 16.7. The van der Waals surface area contributed by atoms with Gasteiger partial charge in [0.25, 0.3) is 0 Å². The van der Waals surface area contributed by atoms with Gasteiger partial charge in [0.2, 0.25) is 0 Å². The van der Waals surface area contributed by atoms with Gasteiger partial charge in [0.15, 0.2) is 0 Å². The fourth-order valence-corrected chi connectivity index (χ4v) is 7.51. The van der Waals surface area contributed by atoms with Gasteiger partial charge in [-0.05, 0) is 83.2 Å². The molecule has 2 heterocycles. The quantitative estimate of drug-likeness (QED) is 0.190. The van der Waals surface area contributed by atoms with Crippen LogP contribution in [-0.4, -0.2) is 4.57 Å². The van der Waals surface area contributed by atoms with Gasteiger partial charge in [0.05, 0.1) is 16.7 Å². The summed E-state index contributed by atoms with van der Waals surface area (Å²) < 4.78 is 8.60. The standard InChI is InChI=1S/C46H30N2O/c1-2-15-34(16-3-1)48-43-21-8-6-19-38(43)39-26-24-33(29-44(39)48)32-14-10-17-35(28-32)47(42-22-11-13-31-12-4-5-18-37(31)42)36-25-27-46-41(30-36)40-20-7-9-23-45(40)49-46/h1-30H. The van der Waals surface area contributed by atoms with E-state index in [2.05, 4.69) is 179 Å². The molecule has 3 heteroatoms. The monoisotopic (exact) mass is 626 g/mol. The number of fused-ring (bicyclic) bond motifs is 7. The van der Waals surface area contributed by atoms with Crippen molar-refractivity contribution >= 4 is 71.6 Å². The Morgan fingerprint density at radius 2 is 1.06 bits per heavy atom. The maximum absolute atomic E-state index is 6.22. The van der Waals surface area contributed by atoms with Gasteiger partial charge in [0, 0.05) is 44.0 Å². The van der Waals surface area contributed by atoms with Gasteiger partial charge in [-0.3, -0.25) is 0 Å². The van der Waals surface area contributed by atoms with Crippen molar-refractivity contribution in [1.82, 2.24) is 4.57 Å². The highest BCUT2D eigenvalue weighted by molar-refractivity contribution is 6.11. The third-order valence-corrected chi connectivity index (χ3v) is 9.75. The molecule has 0 atom stereocenters. The number of benzene rings is 8. The van der Waals surface area contributed by atoms with Crippen LogP contribution in [0.3, 0.4) is 0 Å². The SMILES string of the molecule is c1ccc(-n2c3ccccc3c3ccc(-c4cccc(N(c5ccc6oc7ccccc7c6c5)c5cccc6ccccc56)c4)cc32)cc1. The molecule has 8 aromatic carbocycles.